The Labute approximate surface area is 103 Å². The fourth-order valence-corrected chi connectivity index (χ4v) is 1.80. The first kappa shape index (κ1) is 13.8. The van der Waals surface area contributed by atoms with Crippen LogP contribution in [0.25, 0.3) is 0 Å². The van der Waals surface area contributed by atoms with E-state index in [1.54, 1.807) is 21.3 Å². The smallest absolute Gasteiger partial charge is 0.176 e. The Morgan fingerprint density at radius 2 is 1.76 bits per heavy atom. The number of methoxy groups -OCH3 is 3. The summed E-state index contributed by atoms with van der Waals surface area (Å²) in [6, 6.07) is 6.03. The third-order valence-corrected chi connectivity index (χ3v) is 2.66. The van der Waals surface area contributed by atoms with E-state index in [1.165, 1.54) is 0 Å². The number of anilines is 1. The largest absolute Gasteiger partial charge is 0.496 e. The lowest BCUT2D eigenvalue weighted by atomic mass is 10.2. The van der Waals surface area contributed by atoms with E-state index in [9.17, 15) is 0 Å². The van der Waals surface area contributed by atoms with Crippen LogP contribution in [0.4, 0.5) is 5.69 Å². The van der Waals surface area contributed by atoms with Crippen molar-refractivity contribution < 1.29 is 14.2 Å². The van der Waals surface area contributed by atoms with E-state index >= 15 is 0 Å². The summed E-state index contributed by atoms with van der Waals surface area (Å²) >= 11 is 0. The molecule has 96 valence electrons. The van der Waals surface area contributed by atoms with Gasteiger partial charge in [-0.1, -0.05) is 0 Å². The van der Waals surface area contributed by atoms with Gasteiger partial charge >= 0.3 is 0 Å². The van der Waals surface area contributed by atoms with E-state index in [4.69, 9.17) is 14.2 Å². The Morgan fingerprint density at radius 1 is 1.12 bits per heavy atom. The van der Waals surface area contributed by atoms with E-state index < -0.39 is 0 Å². The molecule has 0 aromatic heterocycles. The highest BCUT2D eigenvalue weighted by Crippen LogP contribution is 2.22. The fourth-order valence-electron chi connectivity index (χ4n) is 1.80. The van der Waals surface area contributed by atoms with Crippen LogP contribution >= 0.6 is 0 Å². The quantitative estimate of drug-likeness (QED) is 0.774. The van der Waals surface area contributed by atoms with Gasteiger partial charge in [0.05, 0.1) is 13.2 Å². The molecule has 17 heavy (non-hydrogen) atoms. The number of nitrogens with one attached hydrogen (secondary N) is 1. The number of ether oxygens (including phenoxy) is 3. The van der Waals surface area contributed by atoms with Crippen LogP contribution in [0.15, 0.2) is 18.2 Å². The minimum Gasteiger partial charge on any atom is -0.496 e. The second-order valence-electron chi connectivity index (χ2n) is 3.96. The van der Waals surface area contributed by atoms with E-state index in [1.807, 2.05) is 32.0 Å². The average molecular weight is 239 g/mol. The van der Waals surface area contributed by atoms with Crippen LogP contribution in [0, 0.1) is 6.92 Å². The van der Waals surface area contributed by atoms with E-state index in [0.29, 0.717) is 0 Å². The topological polar surface area (TPSA) is 39.7 Å². The molecular weight excluding hydrogens is 218 g/mol. The molecule has 1 rings (SSSR count). The van der Waals surface area contributed by atoms with Gasteiger partial charge in [-0.25, -0.2) is 0 Å². The van der Waals surface area contributed by atoms with Crippen molar-refractivity contribution in [2.24, 2.45) is 0 Å². The molecule has 4 nitrogen and oxygen atoms in total. The molecule has 0 amide bonds. The van der Waals surface area contributed by atoms with Crippen LogP contribution in [0.3, 0.4) is 0 Å². The van der Waals surface area contributed by atoms with Crippen LogP contribution in [0.5, 0.6) is 5.75 Å². The summed E-state index contributed by atoms with van der Waals surface area (Å²) in [5.74, 6) is 0.887. The maximum Gasteiger partial charge on any atom is 0.176 e. The highest BCUT2D eigenvalue weighted by molar-refractivity contribution is 5.51. The molecule has 4 heteroatoms. The van der Waals surface area contributed by atoms with Crippen molar-refractivity contribution in [2.45, 2.75) is 26.2 Å². The van der Waals surface area contributed by atoms with Gasteiger partial charge in [-0.05, 0) is 37.6 Å². The molecule has 0 aliphatic carbocycles. The zero-order valence-corrected chi connectivity index (χ0v) is 11.1. The van der Waals surface area contributed by atoms with Crippen LogP contribution in [-0.2, 0) is 9.47 Å². The van der Waals surface area contributed by atoms with Gasteiger partial charge in [0.25, 0.3) is 0 Å². The molecular formula is C13H21NO3. The molecule has 1 atom stereocenters. The predicted molar refractivity (Wildman–Crippen MR) is 68.6 cm³/mol. The Hall–Kier alpha value is -1.26. The summed E-state index contributed by atoms with van der Waals surface area (Å²) < 4.78 is 15.6. The molecule has 0 aliphatic heterocycles. The highest BCUT2D eigenvalue weighted by Gasteiger charge is 2.15. The maximum atomic E-state index is 5.22. The molecule has 1 aromatic carbocycles. The van der Waals surface area contributed by atoms with Crippen molar-refractivity contribution >= 4 is 5.69 Å². The van der Waals surface area contributed by atoms with Crippen molar-refractivity contribution in [3.8, 4) is 5.75 Å². The first-order chi connectivity index (χ1) is 8.12. The zero-order valence-electron chi connectivity index (χ0n) is 11.1. The van der Waals surface area contributed by atoms with Gasteiger partial charge in [-0.3, -0.25) is 0 Å². The summed E-state index contributed by atoms with van der Waals surface area (Å²) in [4.78, 5) is 0. The minimum atomic E-state index is -0.266. The van der Waals surface area contributed by atoms with Gasteiger partial charge in [0.2, 0.25) is 0 Å². The third-order valence-electron chi connectivity index (χ3n) is 2.66. The molecule has 0 heterocycles. The van der Waals surface area contributed by atoms with E-state index in [-0.39, 0.29) is 12.3 Å². The second kappa shape index (κ2) is 6.47. The Balaban J connectivity index is 2.71. The molecule has 0 radical (unpaired) electrons. The molecule has 1 unspecified atom stereocenters. The normalized spacial score (nSPS) is 12.6. The number of benzene rings is 1. The summed E-state index contributed by atoms with van der Waals surface area (Å²) in [5.41, 5.74) is 2.12. The van der Waals surface area contributed by atoms with Crippen molar-refractivity contribution in [3.63, 3.8) is 0 Å². The minimum absolute atomic E-state index is 0.0674. The Morgan fingerprint density at radius 3 is 2.24 bits per heavy atom. The first-order valence-corrected chi connectivity index (χ1v) is 5.59. The maximum absolute atomic E-state index is 5.22. The van der Waals surface area contributed by atoms with Gasteiger partial charge in [0.15, 0.2) is 6.29 Å². The monoisotopic (exact) mass is 239 g/mol. The van der Waals surface area contributed by atoms with Gasteiger partial charge in [-0.15, -0.1) is 0 Å². The Kier molecular flexibility index (Phi) is 5.25. The SMILES string of the molecule is COc1ccc(NC(C)C(OC)OC)cc1C. The van der Waals surface area contributed by atoms with Gasteiger partial charge in [-0.2, -0.15) is 0 Å². The van der Waals surface area contributed by atoms with E-state index in [2.05, 4.69) is 5.32 Å². The predicted octanol–water partition coefficient (Wildman–Crippen LogP) is 2.42. The summed E-state index contributed by atoms with van der Waals surface area (Å²) in [6.45, 7) is 4.02. The van der Waals surface area contributed by atoms with E-state index in [0.717, 1.165) is 17.0 Å². The lowest BCUT2D eigenvalue weighted by Gasteiger charge is -2.23. The Bertz CT molecular complexity index is 351. The van der Waals surface area contributed by atoms with Gasteiger partial charge in [0, 0.05) is 19.9 Å². The molecule has 0 aliphatic rings. The third kappa shape index (κ3) is 3.61. The molecule has 0 spiro atoms. The molecule has 0 saturated carbocycles. The van der Waals surface area contributed by atoms with Crippen LogP contribution in [0.2, 0.25) is 0 Å². The van der Waals surface area contributed by atoms with Crippen LogP contribution < -0.4 is 10.1 Å². The number of rotatable bonds is 6. The first-order valence-electron chi connectivity index (χ1n) is 5.59. The lowest BCUT2D eigenvalue weighted by molar-refractivity contribution is -0.109. The molecule has 1 N–H and O–H groups in total. The van der Waals surface area contributed by atoms with Crippen LogP contribution in [0.1, 0.15) is 12.5 Å². The number of hydrogen-bond acceptors (Lipinski definition) is 4. The van der Waals surface area contributed by atoms with Crippen molar-refractivity contribution in [3.05, 3.63) is 23.8 Å². The fraction of sp³-hybridized carbons (Fsp3) is 0.538. The van der Waals surface area contributed by atoms with Crippen LogP contribution in [-0.4, -0.2) is 33.7 Å². The lowest BCUT2D eigenvalue weighted by Crippen LogP contribution is -2.33. The summed E-state index contributed by atoms with van der Waals surface area (Å²) in [7, 11) is 4.93. The summed E-state index contributed by atoms with van der Waals surface area (Å²) in [6.07, 6.45) is -0.266. The zero-order chi connectivity index (χ0) is 12.8. The molecule has 1 aromatic rings. The second-order valence-corrected chi connectivity index (χ2v) is 3.96. The van der Waals surface area contributed by atoms with Gasteiger partial charge in [0.1, 0.15) is 5.75 Å². The molecule has 0 saturated heterocycles. The molecule has 0 fully saturated rings. The van der Waals surface area contributed by atoms with Gasteiger partial charge < -0.3 is 19.5 Å². The standard InChI is InChI=1S/C13H21NO3/c1-9-8-11(6-7-12(9)15-3)14-10(2)13(16-4)17-5/h6-8,10,13-14H,1-5H3. The number of hydrogen-bond donors (Lipinski definition) is 1. The summed E-state index contributed by atoms with van der Waals surface area (Å²) in [5, 5.41) is 3.33. The molecule has 0 bridgehead atoms. The number of aryl methyl sites for hydroxylation is 1. The van der Waals surface area contributed by atoms with Crippen molar-refractivity contribution in [1.82, 2.24) is 0 Å². The van der Waals surface area contributed by atoms with Crippen molar-refractivity contribution in [2.75, 3.05) is 26.6 Å². The highest BCUT2D eigenvalue weighted by atomic mass is 16.7. The average Bonchev–Trinajstić information content (AvgIpc) is 2.31. The van der Waals surface area contributed by atoms with Crippen molar-refractivity contribution in [1.29, 1.82) is 0 Å².